The molecular formula is C18H28ClIN4O. The first-order chi connectivity index (χ1) is 11.5. The molecule has 1 saturated carbocycles. The summed E-state index contributed by atoms with van der Waals surface area (Å²) in [5.74, 6) is 0.920. The van der Waals surface area contributed by atoms with E-state index in [0.29, 0.717) is 19.0 Å². The molecule has 0 saturated heterocycles. The predicted octanol–water partition coefficient (Wildman–Crippen LogP) is 3.27. The van der Waals surface area contributed by atoms with Crippen molar-refractivity contribution >= 4 is 47.4 Å². The maximum Gasteiger partial charge on any atom is 0.230 e. The van der Waals surface area contributed by atoms with E-state index in [9.17, 15) is 4.79 Å². The minimum Gasteiger partial charge on any atom is -0.355 e. The molecule has 0 spiro atoms. The van der Waals surface area contributed by atoms with Gasteiger partial charge in [-0.3, -0.25) is 9.79 Å². The summed E-state index contributed by atoms with van der Waals surface area (Å²) in [5.41, 5.74) is 0.823. The number of aliphatic imine (C=N–C) groups is 1. The zero-order valence-corrected chi connectivity index (χ0v) is 18.2. The summed E-state index contributed by atoms with van der Waals surface area (Å²) in [4.78, 5) is 18.6. The van der Waals surface area contributed by atoms with E-state index in [1.807, 2.05) is 38.4 Å². The predicted molar refractivity (Wildman–Crippen MR) is 115 cm³/mol. The van der Waals surface area contributed by atoms with E-state index >= 15 is 0 Å². The van der Waals surface area contributed by atoms with Crippen LogP contribution < -0.4 is 10.6 Å². The Morgan fingerprint density at radius 2 is 1.80 bits per heavy atom. The van der Waals surface area contributed by atoms with Crippen LogP contribution in [0.1, 0.15) is 31.2 Å². The van der Waals surface area contributed by atoms with Gasteiger partial charge in [0.15, 0.2) is 5.96 Å². The summed E-state index contributed by atoms with van der Waals surface area (Å²) >= 11 is 5.90. The van der Waals surface area contributed by atoms with Crippen molar-refractivity contribution in [1.29, 1.82) is 0 Å². The van der Waals surface area contributed by atoms with Gasteiger partial charge in [-0.1, -0.05) is 36.6 Å². The van der Waals surface area contributed by atoms with Gasteiger partial charge in [-0.05, 0) is 30.5 Å². The lowest BCUT2D eigenvalue weighted by molar-refractivity contribution is -0.138. The summed E-state index contributed by atoms with van der Waals surface area (Å²) in [6.45, 7) is 1.27. The van der Waals surface area contributed by atoms with E-state index in [1.54, 1.807) is 11.9 Å². The Kier molecular flexibility index (Phi) is 8.99. The van der Waals surface area contributed by atoms with Gasteiger partial charge in [0.05, 0.1) is 5.41 Å². The summed E-state index contributed by atoms with van der Waals surface area (Å²) < 4.78 is 0. The first-order valence-electron chi connectivity index (χ1n) is 8.37. The molecule has 0 unspecified atom stereocenters. The number of nitrogens with zero attached hydrogens (tertiary/aromatic N) is 2. The lowest BCUT2D eigenvalue weighted by Gasteiger charge is -2.31. The molecule has 5 nitrogen and oxygen atoms in total. The quantitative estimate of drug-likeness (QED) is 0.388. The highest BCUT2D eigenvalue weighted by atomic mass is 127. The molecule has 2 rings (SSSR count). The molecule has 1 amide bonds. The van der Waals surface area contributed by atoms with Crippen LogP contribution in [0.5, 0.6) is 0 Å². The molecule has 0 bridgehead atoms. The number of carbonyl (C=O) groups is 1. The van der Waals surface area contributed by atoms with E-state index in [1.165, 1.54) is 0 Å². The van der Waals surface area contributed by atoms with Crippen LogP contribution in [0.3, 0.4) is 0 Å². The number of hydrogen-bond acceptors (Lipinski definition) is 2. The Morgan fingerprint density at radius 3 is 2.32 bits per heavy atom. The fourth-order valence-corrected chi connectivity index (χ4v) is 3.38. The van der Waals surface area contributed by atoms with Crippen LogP contribution in [-0.4, -0.2) is 44.5 Å². The fourth-order valence-electron chi connectivity index (χ4n) is 3.25. The van der Waals surface area contributed by atoms with Gasteiger partial charge < -0.3 is 15.5 Å². The molecule has 0 aliphatic heterocycles. The lowest BCUT2D eigenvalue weighted by Crippen LogP contribution is -2.49. The Balaban J connectivity index is 0.00000312. The van der Waals surface area contributed by atoms with E-state index in [-0.39, 0.29) is 35.3 Å². The van der Waals surface area contributed by atoms with Gasteiger partial charge in [-0.25, -0.2) is 0 Å². The third-order valence-electron chi connectivity index (χ3n) is 4.61. The molecule has 140 valence electrons. The average Bonchev–Trinajstić information content (AvgIpc) is 3.06. The van der Waals surface area contributed by atoms with Gasteiger partial charge in [0.1, 0.15) is 0 Å². The van der Waals surface area contributed by atoms with Crippen LogP contribution in [0.2, 0.25) is 5.02 Å². The van der Waals surface area contributed by atoms with Crippen molar-refractivity contribution in [3.05, 3.63) is 34.9 Å². The number of hydrogen-bond donors (Lipinski definition) is 2. The third-order valence-corrected chi connectivity index (χ3v) is 4.86. The molecule has 1 fully saturated rings. The molecule has 2 N–H and O–H groups in total. The molecule has 0 aromatic heterocycles. The monoisotopic (exact) mass is 478 g/mol. The summed E-state index contributed by atoms with van der Waals surface area (Å²) in [6.07, 6.45) is 4.09. The van der Waals surface area contributed by atoms with Crippen molar-refractivity contribution in [2.45, 2.75) is 32.2 Å². The highest BCUT2D eigenvalue weighted by molar-refractivity contribution is 14.0. The van der Waals surface area contributed by atoms with E-state index in [0.717, 1.165) is 36.3 Å². The van der Waals surface area contributed by atoms with Gasteiger partial charge >= 0.3 is 0 Å². The largest absolute Gasteiger partial charge is 0.355 e. The minimum absolute atomic E-state index is 0. The number of guanidine groups is 1. The summed E-state index contributed by atoms with van der Waals surface area (Å²) in [7, 11) is 5.40. The number of rotatable bonds is 5. The second kappa shape index (κ2) is 10.2. The molecule has 0 radical (unpaired) electrons. The average molecular weight is 479 g/mol. The van der Waals surface area contributed by atoms with Crippen molar-refractivity contribution < 1.29 is 4.79 Å². The van der Waals surface area contributed by atoms with E-state index in [2.05, 4.69) is 15.6 Å². The SMILES string of the molecule is CN=C(NCc1ccc(Cl)cc1)NCC1(C(=O)N(C)C)CCCC1.I. The van der Waals surface area contributed by atoms with Crippen molar-refractivity contribution in [3.8, 4) is 0 Å². The normalized spacial score (nSPS) is 16.1. The Hall–Kier alpha value is -1.02. The molecule has 0 atom stereocenters. The molecular weight excluding hydrogens is 451 g/mol. The van der Waals surface area contributed by atoms with Gasteiger partial charge in [0.25, 0.3) is 0 Å². The molecule has 1 aliphatic rings. The number of amides is 1. The van der Waals surface area contributed by atoms with Crippen molar-refractivity contribution in [2.24, 2.45) is 10.4 Å². The van der Waals surface area contributed by atoms with Crippen LogP contribution >= 0.6 is 35.6 Å². The van der Waals surface area contributed by atoms with Crippen molar-refractivity contribution in [1.82, 2.24) is 15.5 Å². The summed E-state index contributed by atoms with van der Waals surface area (Å²) in [5, 5.41) is 7.35. The minimum atomic E-state index is -0.304. The number of halogens is 2. The lowest BCUT2D eigenvalue weighted by atomic mass is 9.84. The number of nitrogens with one attached hydrogen (secondary N) is 2. The highest BCUT2D eigenvalue weighted by Crippen LogP contribution is 2.38. The Morgan fingerprint density at radius 1 is 1.20 bits per heavy atom. The Labute approximate surface area is 172 Å². The van der Waals surface area contributed by atoms with Gasteiger partial charge in [-0.15, -0.1) is 24.0 Å². The third kappa shape index (κ3) is 6.02. The second-order valence-corrected chi connectivity index (χ2v) is 7.03. The molecule has 25 heavy (non-hydrogen) atoms. The van der Waals surface area contributed by atoms with Crippen LogP contribution in [0.4, 0.5) is 0 Å². The van der Waals surface area contributed by atoms with E-state index < -0.39 is 0 Å². The zero-order chi connectivity index (χ0) is 17.6. The first kappa shape index (κ1) is 22.0. The van der Waals surface area contributed by atoms with Crippen LogP contribution in [0.15, 0.2) is 29.3 Å². The fraction of sp³-hybridized carbons (Fsp3) is 0.556. The molecule has 1 aliphatic carbocycles. The molecule has 0 heterocycles. The second-order valence-electron chi connectivity index (χ2n) is 6.59. The Bertz CT molecular complexity index is 583. The van der Waals surface area contributed by atoms with Crippen molar-refractivity contribution in [2.75, 3.05) is 27.7 Å². The van der Waals surface area contributed by atoms with Crippen LogP contribution in [-0.2, 0) is 11.3 Å². The number of carbonyl (C=O) groups excluding carboxylic acids is 1. The first-order valence-corrected chi connectivity index (χ1v) is 8.75. The zero-order valence-electron chi connectivity index (χ0n) is 15.1. The smallest absolute Gasteiger partial charge is 0.230 e. The van der Waals surface area contributed by atoms with Gasteiger partial charge in [0.2, 0.25) is 5.91 Å². The van der Waals surface area contributed by atoms with Gasteiger partial charge in [-0.2, -0.15) is 0 Å². The standard InChI is InChI=1S/C18H27ClN4O.HI/c1-20-17(21-12-14-6-8-15(19)9-7-14)22-13-18(10-4-5-11-18)16(24)23(2)3;/h6-9H,4-5,10-13H2,1-3H3,(H2,20,21,22);1H. The van der Waals surface area contributed by atoms with E-state index in [4.69, 9.17) is 11.6 Å². The molecule has 7 heteroatoms. The maximum atomic E-state index is 12.6. The van der Waals surface area contributed by atoms with Crippen LogP contribution in [0, 0.1) is 5.41 Å². The van der Waals surface area contributed by atoms with Gasteiger partial charge in [0, 0.05) is 39.3 Å². The topological polar surface area (TPSA) is 56.7 Å². The van der Waals surface area contributed by atoms with Crippen molar-refractivity contribution in [3.63, 3.8) is 0 Å². The number of benzene rings is 1. The summed E-state index contributed by atoms with van der Waals surface area (Å²) in [6, 6.07) is 7.71. The highest BCUT2D eigenvalue weighted by Gasteiger charge is 2.42. The molecule has 1 aromatic rings. The van der Waals surface area contributed by atoms with Crippen LogP contribution in [0.25, 0.3) is 0 Å². The maximum absolute atomic E-state index is 12.6. The molecule has 1 aromatic carbocycles.